The number of sulfonamides is 1. The maximum atomic E-state index is 12.9. The summed E-state index contributed by atoms with van der Waals surface area (Å²) in [6, 6.07) is 14.9. The van der Waals surface area contributed by atoms with E-state index in [-0.39, 0.29) is 16.4 Å². The van der Waals surface area contributed by atoms with Gasteiger partial charge in [-0.05, 0) is 36.4 Å². The molecular formula is C20H18N6O4S3. The predicted octanol–water partition coefficient (Wildman–Crippen LogP) is 3.45. The Labute approximate surface area is 197 Å². The first-order valence-electron chi connectivity index (χ1n) is 9.32. The van der Waals surface area contributed by atoms with Gasteiger partial charge in [-0.2, -0.15) is 5.06 Å². The van der Waals surface area contributed by atoms with E-state index >= 15 is 0 Å². The number of carbonyl (C=O) groups is 1. The minimum atomic E-state index is -3.77. The number of amides is 1. The van der Waals surface area contributed by atoms with Crippen molar-refractivity contribution in [3.05, 3.63) is 65.7 Å². The first-order valence-corrected chi connectivity index (χ1v) is 12.6. The largest absolute Gasteiger partial charge is 0.382 e. The fourth-order valence-electron chi connectivity index (χ4n) is 2.84. The molecule has 13 heteroatoms. The quantitative estimate of drug-likeness (QED) is 0.325. The number of nitrogen functional groups attached to an aromatic ring is 1. The van der Waals surface area contributed by atoms with Crippen molar-refractivity contribution in [2.24, 2.45) is 5.14 Å². The van der Waals surface area contributed by atoms with E-state index in [1.807, 2.05) is 6.07 Å². The van der Waals surface area contributed by atoms with Crippen LogP contribution in [0.25, 0.3) is 9.88 Å². The summed E-state index contributed by atoms with van der Waals surface area (Å²) in [6.45, 7) is 0. The zero-order chi connectivity index (χ0) is 23.6. The van der Waals surface area contributed by atoms with Crippen molar-refractivity contribution >= 4 is 60.9 Å². The Morgan fingerprint density at radius 2 is 1.79 bits per heavy atom. The summed E-state index contributed by atoms with van der Waals surface area (Å²) in [5, 5.41) is 12.0. The van der Waals surface area contributed by atoms with E-state index in [4.69, 9.17) is 15.7 Å². The topological polar surface area (TPSA) is 154 Å². The van der Waals surface area contributed by atoms with Gasteiger partial charge in [0, 0.05) is 11.1 Å². The third kappa shape index (κ3) is 5.02. The summed E-state index contributed by atoms with van der Waals surface area (Å²) < 4.78 is 22.8. The number of carbonyl (C=O) groups excluding carboxylic acids is 1. The molecule has 5 N–H and O–H groups in total. The summed E-state index contributed by atoms with van der Waals surface area (Å²) >= 11 is 2.51. The summed E-state index contributed by atoms with van der Waals surface area (Å²) in [5.41, 5.74) is 7.48. The highest BCUT2D eigenvalue weighted by atomic mass is 32.2. The zero-order valence-corrected chi connectivity index (χ0v) is 19.6. The van der Waals surface area contributed by atoms with Crippen LogP contribution in [0.3, 0.4) is 0 Å². The van der Waals surface area contributed by atoms with Gasteiger partial charge in [0.25, 0.3) is 0 Å². The van der Waals surface area contributed by atoms with Gasteiger partial charge in [0.15, 0.2) is 5.13 Å². The molecule has 0 fully saturated rings. The molecule has 2 aromatic heterocycles. The van der Waals surface area contributed by atoms with Crippen molar-refractivity contribution in [3.8, 4) is 9.88 Å². The van der Waals surface area contributed by atoms with Gasteiger partial charge in [0.05, 0.1) is 17.7 Å². The molecule has 0 saturated carbocycles. The maximum Gasteiger partial charge on any atom is 0.301 e. The number of thiazole rings is 2. The SMILES string of the molecule is CON(C(=O)c1csc(-c2sc(Nc3ccc(S(N)(=O)=O)cc3)nc2N)n1)c1ccccc1. The van der Waals surface area contributed by atoms with Gasteiger partial charge in [0.1, 0.15) is 21.4 Å². The number of hydrogen-bond acceptors (Lipinski definition) is 10. The number of aromatic nitrogens is 2. The van der Waals surface area contributed by atoms with Gasteiger partial charge in [-0.25, -0.2) is 23.5 Å². The second-order valence-electron chi connectivity index (χ2n) is 6.58. The predicted molar refractivity (Wildman–Crippen MR) is 129 cm³/mol. The Bertz CT molecular complexity index is 1380. The summed E-state index contributed by atoms with van der Waals surface area (Å²) in [6.07, 6.45) is 0. The minimum absolute atomic E-state index is 0.00739. The van der Waals surface area contributed by atoms with Crippen LogP contribution in [0.15, 0.2) is 64.9 Å². The number of para-hydroxylation sites is 1. The highest BCUT2D eigenvalue weighted by molar-refractivity contribution is 7.89. The molecule has 10 nitrogen and oxygen atoms in total. The molecule has 0 bridgehead atoms. The molecule has 4 rings (SSSR count). The fraction of sp³-hybridized carbons (Fsp3) is 0.0500. The number of hydrogen-bond donors (Lipinski definition) is 3. The highest BCUT2D eigenvalue weighted by Crippen LogP contribution is 2.38. The van der Waals surface area contributed by atoms with Crippen LogP contribution in [0, 0.1) is 0 Å². The number of hydroxylamine groups is 1. The van der Waals surface area contributed by atoms with Crippen molar-refractivity contribution in [2.75, 3.05) is 23.2 Å². The molecule has 0 radical (unpaired) electrons. The van der Waals surface area contributed by atoms with Gasteiger partial charge < -0.3 is 11.1 Å². The molecule has 2 heterocycles. The standard InChI is InChI=1S/C20H18N6O4S3/c1-30-26(13-5-3-2-4-6-13)19(27)15-11-31-18(24-15)16-17(21)25-20(32-16)23-12-7-9-14(10-8-12)33(22,28)29/h2-11H,21H2,1H3,(H,23,25)(H2,22,28,29). The second kappa shape index (κ2) is 9.25. The number of nitrogens with one attached hydrogen (secondary N) is 1. The van der Waals surface area contributed by atoms with E-state index in [0.29, 0.717) is 26.4 Å². The lowest BCUT2D eigenvalue weighted by Crippen LogP contribution is -2.29. The monoisotopic (exact) mass is 502 g/mol. The molecule has 0 atom stereocenters. The molecule has 0 aliphatic heterocycles. The number of primary sulfonamides is 1. The Morgan fingerprint density at radius 1 is 1.09 bits per heavy atom. The molecule has 0 saturated heterocycles. The molecule has 170 valence electrons. The first-order chi connectivity index (χ1) is 15.8. The van der Waals surface area contributed by atoms with Crippen molar-refractivity contribution in [1.82, 2.24) is 9.97 Å². The van der Waals surface area contributed by atoms with Crippen molar-refractivity contribution in [3.63, 3.8) is 0 Å². The maximum absolute atomic E-state index is 12.9. The molecule has 0 spiro atoms. The molecule has 33 heavy (non-hydrogen) atoms. The van der Waals surface area contributed by atoms with E-state index < -0.39 is 15.9 Å². The first kappa shape index (κ1) is 22.8. The van der Waals surface area contributed by atoms with Crippen LogP contribution in [0.2, 0.25) is 0 Å². The van der Waals surface area contributed by atoms with Crippen LogP contribution in [-0.4, -0.2) is 31.4 Å². The van der Waals surface area contributed by atoms with Crippen LogP contribution in [-0.2, 0) is 14.9 Å². The molecule has 0 aliphatic rings. The average Bonchev–Trinajstić information content (AvgIpc) is 3.41. The molecule has 1 amide bonds. The molecule has 4 aromatic rings. The smallest absolute Gasteiger partial charge is 0.301 e. The molecule has 0 aliphatic carbocycles. The van der Waals surface area contributed by atoms with Crippen LogP contribution in [0.1, 0.15) is 10.5 Å². The summed E-state index contributed by atoms with van der Waals surface area (Å²) in [5.74, 6) is -0.161. The number of rotatable bonds is 7. The van der Waals surface area contributed by atoms with Crippen molar-refractivity contribution in [2.45, 2.75) is 4.90 Å². The van der Waals surface area contributed by atoms with E-state index in [1.165, 1.54) is 41.9 Å². The van der Waals surface area contributed by atoms with Crippen molar-refractivity contribution in [1.29, 1.82) is 0 Å². The van der Waals surface area contributed by atoms with Gasteiger partial charge in [0.2, 0.25) is 10.0 Å². The van der Waals surface area contributed by atoms with Crippen molar-refractivity contribution < 1.29 is 18.0 Å². The fourth-order valence-corrected chi connectivity index (χ4v) is 5.15. The Morgan fingerprint density at radius 3 is 2.42 bits per heavy atom. The number of anilines is 4. The molecular weight excluding hydrogens is 484 g/mol. The van der Waals surface area contributed by atoms with Gasteiger partial charge in [-0.1, -0.05) is 29.5 Å². The second-order valence-corrected chi connectivity index (χ2v) is 10.0. The van der Waals surface area contributed by atoms with Gasteiger partial charge >= 0.3 is 5.91 Å². The van der Waals surface area contributed by atoms with Gasteiger partial charge in [-0.3, -0.25) is 9.63 Å². The van der Waals surface area contributed by atoms with Crippen LogP contribution >= 0.6 is 22.7 Å². The third-order valence-electron chi connectivity index (χ3n) is 4.36. The average molecular weight is 503 g/mol. The Kier molecular flexibility index (Phi) is 6.40. The number of benzene rings is 2. The van der Waals surface area contributed by atoms with Crippen LogP contribution < -0.4 is 21.3 Å². The van der Waals surface area contributed by atoms with Gasteiger partial charge in [-0.15, -0.1) is 11.3 Å². The molecule has 0 unspecified atom stereocenters. The minimum Gasteiger partial charge on any atom is -0.382 e. The summed E-state index contributed by atoms with van der Waals surface area (Å²) in [7, 11) is -2.36. The van der Waals surface area contributed by atoms with E-state index in [1.54, 1.807) is 41.8 Å². The van der Waals surface area contributed by atoms with E-state index in [9.17, 15) is 13.2 Å². The van der Waals surface area contributed by atoms with E-state index in [2.05, 4.69) is 15.3 Å². The lowest BCUT2D eigenvalue weighted by molar-refractivity contribution is 0.0769. The summed E-state index contributed by atoms with van der Waals surface area (Å²) in [4.78, 5) is 27.5. The van der Waals surface area contributed by atoms with Crippen LogP contribution in [0.4, 0.5) is 22.3 Å². The van der Waals surface area contributed by atoms with Crippen LogP contribution in [0.5, 0.6) is 0 Å². The Hall–Kier alpha value is -3.36. The zero-order valence-electron chi connectivity index (χ0n) is 17.1. The third-order valence-corrected chi connectivity index (χ3v) is 7.27. The highest BCUT2D eigenvalue weighted by Gasteiger charge is 2.22. The van der Waals surface area contributed by atoms with E-state index in [0.717, 1.165) is 5.06 Å². The number of nitrogens with zero attached hydrogens (tertiary/aromatic N) is 3. The molecule has 2 aromatic carbocycles. The normalized spacial score (nSPS) is 11.3. The lowest BCUT2D eigenvalue weighted by Gasteiger charge is -2.18. The lowest BCUT2D eigenvalue weighted by atomic mass is 10.3. The Balaban J connectivity index is 1.53. The number of nitrogens with two attached hydrogens (primary N) is 2.